The van der Waals surface area contributed by atoms with Crippen LogP contribution < -0.4 is 5.32 Å². The molecule has 0 aromatic heterocycles. The van der Waals surface area contributed by atoms with Crippen LogP contribution in [0.1, 0.15) is 26.2 Å². The Kier molecular flexibility index (Phi) is 3.79. The van der Waals surface area contributed by atoms with Gasteiger partial charge in [-0.3, -0.25) is 5.32 Å². The van der Waals surface area contributed by atoms with E-state index in [1.807, 2.05) is 0 Å². The first kappa shape index (κ1) is 10.4. The number of nitrogens with one attached hydrogen (secondary N) is 1. The van der Waals surface area contributed by atoms with Crippen molar-refractivity contribution in [2.24, 2.45) is 5.92 Å². The summed E-state index contributed by atoms with van der Waals surface area (Å²) >= 11 is 0. The highest BCUT2D eigenvalue weighted by Gasteiger charge is 2.24. The Morgan fingerprint density at radius 2 is 2.43 bits per heavy atom. The van der Waals surface area contributed by atoms with Gasteiger partial charge in [0.1, 0.15) is 6.23 Å². The molecule has 2 atom stereocenters. The molecule has 0 amide bonds. The predicted octanol–water partition coefficient (Wildman–Crippen LogP) is 1.05. The summed E-state index contributed by atoms with van der Waals surface area (Å²) in [7, 11) is 0. The van der Waals surface area contributed by atoms with Crippen LogP contribution in [0.3, 0.4) is 0 Å². The molecule has 2 aliphatic heterocycles. The van der Waals surface area contributed by atoms with Crippen LogP contribution in [0.15, 0.2) is 0 Å². The summed E-state index contributed by atoms with van der Waals surface area (Å²) in [5, 5.41) is 3.40. The molecule has 1 N–H and O–H groups in total. The van der Waals surface area contributed by atoms with Gasteiger partial charge in [0, 0.05) is 13.1 Å². The number of rotatable bonds is 3. The minimum absolute atomic E-state index is 0.344. The topological polar surface area (TPSA) is 24.5 Å². The van der Waals surface area contributed by atoms with Crippen LogP contribution >= 0.6 is 0 Å². The van der Waals surface area contributed by atoms with E-state index in [9.17, 15) is 0 Å². The summed E-state index contributed by atoms with van der Waals surface area (Å²) in [5.41, 5.74) is 0. The van der Waals surface area contributed by atoms with E-state index >= 15 is 0 Å². The van der Waals surface area contributed by atoms with Crippen LogP contribution in [-0.2, 0) is 4.74 Å². The van der Waals surface area contributed by atoms with Gasteiger partial charge in [-0.05, 0) is 38.3 Å². The third-order valence-electron chi connectivity index (χ3n) is 3.39. The minimum Gasteiger partial charge on any atom is -0.362 e. The van der Waals surface area contributed by atoms with E-state index in [1.54, 1.807) is 0 Å². The van der Waals surface area contributed by atoms with Gasteiger partial charge in [0.2, 0.25) is 0 Å². The van der Waals surface area contributed by atoms with Gasteiger partial charge in [-0.25, -0.2) is 0 Å². The van der Waals surface area contributed by atoms with Crippen molar-refractivity contribution in [2.45, 2.75) is 32.4 Å². The Hall–Kier alpha value is -0.120. The monoisotopic (exact) mass is 198 g/mol. The summed E-state index contributed by atoms with van der Waals surface area (Å²) in [4.78, 5) is 2.56. The normalized spacial score (nSPS) is 34.9. The van der Waals surface area contributed by atoms with Crippen LogP contribution in [0.4, 0.5) is 0 Å². The number of hydrogen-bond acceptors (Lipinski definition) is 3. The van der Waals surface area contributed by atoms with Gasteiger partial charge in [-0.2, -0.15) is 0 Å². The van der Waals surface area contributed by atoms with Crippen molar-refractivity contribution >= 4 is 0 Å². The van der Waals surface area contributed by atoms with Crippen molar-refractivity contribution in [1.82, 2.24) is 10.2 Å². The molecule has 82 valence electrons. The summed E-state index contributed by atoms with van der Waals surface area (Å²) in [5.74, 6) is 0.847. The van der Waals surface area contributed by atoms with Gasteiger partial charge < -0.3 is 9.64 Å². The molecule has 0 saturated carbocycles. The average Bonchev–Trinajstić information content (AvgIpc) is 2.71. The average molecular weight is 198 g/mol. The van der Waals surface area contributed by atoms with Crippen molar-refractivity contribution < 1.29 is 4.74 Å². The lowest BCUT2D eigenvalue weighted by atomic mass is 9.94. The molecule has 0 spiro atoms. The Balaban J connectivity index is 1.73. The Labute approximate surface area is 86.8 Å². The Morgan fingerprint density at radius 1 is 1.50 bits per heavy atom. The van der Waals surface area contributed by atoms with E-state index in [4.69, 9.17) is 4.74 Å². The molecule has 2 saturated heterocycles. The maximum absolute atomic E-state index is 5.59. The highest BCUT2D eigenvalue weighted by molar-refractivity contribution is 4.76. The van der Waals surface area contributed by atoms with E-state index in [0.29, 0.717) is 6.23 Å². The summed E-state index contributed by atoms with van der Waals surface area (Å²) in [6, 6.07) is 0. The zero-order valence-corrected chi connectivity index (χ0v) is 9.17. The smallest absolute Gasteiger partial charge is 0.108 e. The lowest BCUT2D eigenvalue weighted by Crippen LogP contribution is -2.38. The lowest BCUT2D eigenvalue weighted by molar-refractivity contribution is 0.0613. The minimum atomic E-state index is 0.344. The zero-order chi connectivity index (χ0) is 9.80. The maximum atomic E-state index is 5.59. The molecule has 3 nitrogen and oxygen atoms in total. The molecule has 2 rings (SSSR count). The second-order valence-corrected chi connectivity index (χ2v) is 4.45. The number of piperidine rings is 1. The first-order chi connectivity index (χ1) is 6.88. The number of nitrogens with zero attached hydrogens (tertiary/aromatic N) is 1. The highest BCUT2D eigenvalue weighted by atomic mass is 16.5. The van der Waals surface area contributed by atoms with Crippen LogP contribution in [0.2, 0.25) is 0 Å². The van der Waals surface area contributed by atoms with Crippen molar-refractivity contribution in [1.29, 1.82) is 0 Å². The quantitative estimate of drug-likeness (QED) is 0.733. The third kappa shape index (κ3) is 2.69. The fourth-order valence-electron chi connectivity index (χ4n) is 2.57. The SMILES string of the molecule is CCN1CCCC(CC2NCCO2)C1. The number of ether oxygens (including phenoxy) is 1. The molecule has 2 heterocycles. The standard InChI is InChI=1S/C11H22N2O/c1-2-13-6-3-4-10(9-13)8-11-12-5-7-14-11/h10-12H,2-9H2,1H3. The van der Waals surface area contributed by atoms with Gasteiger partial charge in [-0.15, -0.1) is 0 Å². The van der Waals surface area contributed by atoms with E-state index in [1.165, 1.54) is 38.9 Å². The Morgan fingerprint density at radius 3 is 3.14 bits per heavy atom. The van der Waals surface area contributed by atoms with Gasteiger partial charge >= 0.3 is 0 Å². The van der Waals surface area contributed by atoms with Crippen LogP contribution in [-0.4, -0.2) is 43.9 Å². The van der Waals surface area contributed by atoms with Gasteiger partial charge in [0.05, 0.1) is 6.61 Å². The van der Waals surface area contributed by atoms with Gasteiger partial charge in [0.15, 0.2) is 0 Å². The second kappa shape index (κ2) is 5.10. The van der Waals surface area contributed by atoms with Crippen molar-refractivity contribution in [3.05, 3.63) is 0 Å². The maximum Gasteiger partial charge on any atom is 0.108 e. The van der Waals surface area contributed by atoms with Gasteiger partial charge in [-0.1, -0.05) is 6.92 Å². The molecule has 14 heavy (non-hydrogen) atoms. The molecule has 0 aliphatic carbocycles. The van der Waals surface area contributed by atoms with Crippen LogP contribution in [0.25, 0.3) is 0 Å². The molecular weight excluding hydrogens is 176 g/mol. The molecule has 2 unspecified atom stereocenters. The van der Waals surface area contributed by atoms with E-state index < -0.39 is 0 Å². The zero-order valence-electron chi connectivity index (χ0n) is 9.17. The van der Waals surface area contributed by atoms with E-state index in [2.05, 4.69) is 17.1 Å². The molecule has 0 aromatic rings. The fourth-order valence-corrected chi connectivity index (χ4v) is 2.57. The summed E-state index contributed by atoms with van der Waals surface area (Å²) < 4.78 is 5.59. The van der Waals surface area contributed by atoms with Crippen LogP contribution in [0.5, 0.6) is 0 Å². The number of likely N-dealkylation sites (tertiary alicyclic amines) is 1. The van der Waals surface area contributed by atoms with E-state index in [0.717, 1.165) is 19.1 Å². The van der Waals surface area contributed by atoms with Gasteiger partial charge in [0.25, 0.3) is 0 Å². The molecule has 3 heteroatoms. The van der Waals surface area contributed by atoms with Crippen molar-refractivity contribution in [2.75, 3.05) is 32.8 Å². The summed E-state index contributed by atoms with van der Waals surface area (Å²) in [6.07, 6.45) is 4.30. The largest absolute Gasteiger partial charge is 0.362 e. The van der Waals surface area contributed by atoms with Crippen molar-refractivity contribution in [3.63, 3.8) is 0 Å². The molecule has 2 fully saturated rings. The third-order valence-corrected chi connectivity index (χ3v) is 3.39. The highest BCUT2D eigenvalue weighted by Crippen LogP contribution is 2.21. The first-order valence-corrected chi connectivity index (χ1v) is 5.96. The molecular formula is C11H22N2O. The molecule has 0 bridgehead atoms. The number of hydrogen-bond donors (Lipinski definition) is 1. The molecule has 0 radical (unpaired) electrons. The van der Waals surface area contributed by atoms with Crippen molar-refractivity contribution in [3.8, 4) is 0 Å². The fraction of sp³-hybridized carbons (Fsp3) is 1.00. The predicted molar refractivity (Wildman–Crippen MR) is 57.2 cm³/mol. The van der Waals surface area contributed by atoms with Crippen LogP contribution in [0, 0.1) is 5.92 Å². The molecule has 2 aliphatic rings. The first-order valence-electron chi connectivity index (χ1n) is 5.96. The Bertz CT molecular complexity index is 169. The van der Waals surface area contributed by atoms with E-state index in [-0.39, 0.29) is 0 Å². The summed E-state index contributed by atoms with van der Waals surface area (Å²) in [6.45, 7) is 7.97. The lowest BCUT2D eigenvalue weighted by Gasteiger charge is -2.32. The molecule has 0 aromatic carbocycles. The second-order valence-electron chi connectivity index (χ2n) is 4.45.